The Hall–Kier alpha value is -2.08. The van der Waals surface area contributed by atoms with Crippen LogP contribution in [-0.4, -0.2) is 23.2 Å². The maximum atomic E-state index is 5.28. The van der Waals surface area contributed by atoms with Gasteiger partial charge in [0.25, 0.3) is 0 Å². The molecular weight excluding hydrogens is 308 g/mol. The second-order valence-corrected chi connectivity index (χ2v) is 6.39. The number of piperidine rings is 1. The van der Waals surface area contributed by atoms with Crippen LogP contribution in [0.3, 0.4) is 0 Å². The highest BCUT2D eigenvalue weighted by atomic mass is 32.1. The molecule has 1 fully saturated rings. The highest BCUT2D eigenvalue weighted by Gasteiger charge is 2.17. The van der Waals surface area contributed by atoms with Crippen molar-refractivity contribution in [1.82, 2.24) is 10.3 Å². The molecule has 3 rings (SSSR count). The van der Waals surface area contributed by atoms with Crippen molar-refractivity contribution in [1.29, 1.82) is 0 Å². The van der Waals surface area contributed by atoms with Crippen LogP contribution in [0.15, 0.2) is 41.1 Å². The van der Waals surface area contributed by atoms with Crippen molar-refractivity contribution in [3.8, 4) is 0 Å². The van der Waals surface area contributed by atoms with Crippen molar-refractivity contribution in [2.75, 3.05) is 23.3 Å². The Labute approximate surface area is 142 Å². The third-order valence-electron chi connectivity index (χ3n) is 3.99. The molecule has 0 aromatic carbocycles. The molecule has 1 unspecified atom stereocenters. The van der Waals surface area contributed by atoms with Gasteiger partial charge in [-0.15, -0.1) is 0 Å². The molecule has 0 saturated carbocycles. The van der Waals surface area contributed by atoms with E-state index in [2.05, 4.69) is 33.5 Å². The molecule has 5 nitrogen and oxygen atoms in total. The van der Waals surface area contributed by atoms with Gasteiger partial charge in [-0.3, -0.25) is 0 Å². The molecule has 0 radical (unpaired) electrons. The summed E-state index contributed by atoms with van der Waals surface area (Å²) in [4.78, 5) is 6.91. The van der Waals surface area contributed by atoms with E-state index in [1.54, 1.807) is 6.26 Å². The van der Waals surface area contributed by atoms with E-state index in [1.165, 1.54) is 12.8 Å². The highest BCUT2D eigenvalue weighted by molar-refractivity contribution is 7.80. The van der Waals surface area contributed by atoms with Gasteiger partial charge in [-0.05, 0) is 55.2 Å². The SMILES string of the molecule is CC1CCCN(c2ccc(NC(=S)NCc3ccco3)cn2)C1. The van der Waals surface area contributed by atoms with Crippen LogP contribution in [0.25, 0.3) is 0 Å². The molecule has 1 atom stereocenters. The predicted molar refractivity (Wildman–Crippen MR) is 96.6 cm³/mol. The summed E-state index contributed by atoms with van der Waals surface area (Å²) in [6.07, 6.45) is 6.03. The minimum absolute atomic E-state index is 0.558. The van der Waals surface area contributed by atoms with Crippen molar-refractivity contribution in [2.45, 2.75) is 26.3 Å². The number of rotatable bonds is 4. The average Bonchev–Trinajstić information content (AvgIpc) is 3.07. The molecule has 1 saturated heterocycles. The summed E-state index contributed by atoms with van der Waals surface area (Å²) in [5.41, 5.74) is 0.885. The summed E-state index contributed by atoms with van der Waals surface area (Å²) in [5.74, 6) is 2.63. The quantitative estimate of drug-likeness (QED) is 0.838. The summed E-state index contributed by atoms with van der Waals surface area (Å²) in [6, 6.07) is 7.83. The minimum Gasteiger partial charge on any atom is -0.467 e. The molecule has 1 aliphatic heterocycles. The fourth-order valence-electron chi connectivity index (χ4n) is 2.80. The third kappa shape index (κ3) is 4.45. The van der Waals surface area contributed by atoms with Crippen LogP contribution in [0.1, 0.15) is 25.5 Å². The first-order chi connectivity index (χ1) is 11.2. The van der Waals surface area contributed by atoms with Gasteiger partial charge in [0, 0.05) is 13.1 Å². The summed E-state index contributed by atoms with van der Waals surface area (Å²) < 4.78 is 5.26. The van der Waals surface area contributed by atoms with Crippen molar-refractivity contribution < 1.29 is 4.42 Å². The largest absolute Gasteiger partial charge is 0.467 e. The molecular formula is C17H22N4OS. The number of nitrogens with one attached hydrogen (secondary N) is 2. The first-order valence-electron chi connectivity index (χ1n) is 7.99. The lowest BCUT2D eigenvalue weighted by molar-refractivity contribution is 0.444. The van der Waals surface area contributed by atoms with E-state index in [0.29, 0.717) is 11.7 Å². The van der Waals surface area contributed by atoms with E-state index in [-0.39, 0.29) is 0 Å². The molecule has 6 heteroatoms. The van der Waals surface area contributed by atoms with Crippen molar-refractivity contribution >= 4 is 28.8 Å². The van der Waals surface area contributed by atoms with Crippen molar-refractivity contribution in [3.05, 3.63) is 42.5 Å². The number of pyridine rings is 1. The van der Waals surface area contributed by atoms with Crippen molar-refractivity contribution in [2.24, 2.45) is 5.92 Å². The van der Waals surface area contributed by atoms with Gasteiger partial charge in [0.05, 0.1) is 24.7 Å². The van der Waals surface area contributed by atoms with E-state index in [4.69, 9.17) is 16.6 Å². The highest BCUT2D eigenvalue weighted by Crippen LogP contribution is 2.22. The predicted octanol–water partition coefficient (Wildman–Crippen LogP) is 3.40. The fraction of sp³-hybridized carbons (Fsp3) is 0.412. The van der Waals surface area contributed by atoms with Crippen LogP contribution >= 0.6 is 12.2 Å². The lowest BCUT2D eigenvalue weighted by Gasteiger charge is -2.31. The Morgan fingerprint density at radius 3 is 3.04 bits per heavy atom. The first kappa shape index (κ1) is 15.8. The van der Waals surface area contributed by atoms with Gasteiger partial charge < -0.3 is 20.0 Å². The average molecular weight is 330 g/mol. The maximum absolute atomic E-state index is 5.28. The molecule has 0 aliphatic carbocycles. The van der Waals surface area contributed by atoms with Gasteiger partial charge in [0.2, 0.25) is 0 Å². The normalized spacial score (nSPS) is 17.8. The fourth-order valence-corrected chi connectivity index (χ4v) is 2.99. The lowest BCUT2D eigenvalue weighted by atomic mass is 10.0. The monoisotopic (exact) mass is 330 g/mol. The zero-order chi connectivity index (χ0) is 16.1. The summed E-state index contributed by atoms with van der Waals surface area (Å²) in [5, 5.41) is 6.80. The van der Waals surface area contributed by atoms with Crippen LogP contribution in [-0.2, 0) is 6.54 Å². The minimum atomic E-state index is 0.558. The molecule has 1 aliphatic rings. The molecule has 0 amide bonds. The Kier molecular flexibility index (Phi) is 5.12. The van der Waals surface area contributed by atoms with E-state index in [1.807, 2.05) is 24.4 Å². The number of aromatic nitrogens is 1. The summed E-state index contributed by atoms with van der Waals surface area (Å²) >= 11 is 5.28. The smallest absolute Gasteiger partial charge is 0.171 e. The van der Waals surface area contributed by atoms with Crippen LogP contribution in [0.4, 0.5) is 11.5 Å². The van der Waals surface area contributed by atoms with Gasteiger partial charge in [-0.1, -0.05) is 6.92 Å². The van der Waals surface area contributed by atoms with Crippen molar-refractivity contribution in [3.63, 3.8) is 0 Å². The second kappa shape index (κ2) is 7.46. The number of anilines is 2. The summed E-state index contributed by atoms with van der Waals surface area (Å²) in [6.45, 7) is 5.04. The number of furan rings is 1. The molecule has 3 heterocycles. The standard InChI is InChI=1S/C17H22N4OS/c1-13-4-2-8-21(12-13)16-7-6-14(10-18-16)20-17(23)19-11-15-5-3-9-22-15/h3,5-7,9-10,13H,2,4,8,11-12H2,1H3,(H2,19,20,23). The third-order valence-corrected chi connectivity index (χ3v) is 4.24. The zero-order valence-electron chi connectivity index (χ0n) is 13.3. The Morgan fingerprint density at radius 1 is 1.43 bits per heavy atom. The van der Waals surface area contributed by atoms with E-state index in [0.717, 1.165) is 36.3 Å². The number of thiocarbonyl (C=S) groups is 1. The zero-order valence-corrected chi connectivity index (χ0v) is 14.1. The molecule has 2 N–H and O–H groups in total. The number of nitrogens with zero attached hydrogens (tertiary/aromatic N) is 2. The van der Waals surface area contributed by atoms with E-state index in [9.17, 15) is 0 Å². The van der Waals surface area contributed by atoms with Gasteiger partial charge in [0.15, 0.2) is 5.11 Å². The lowest BCUT2D eigenvalue weighted by Crippen LogP contribution is -2.34. The molecule has 2 aromatic rings. The molecule has 2 aromatic heterocycles. The van der Waals surface area contributed by atoms with E-state index < -0.39 is 0 Å². The Balaban J connectivity index is 1.51. The van der Waals surface area contributed by atoms with Crippen LogP contribution < -0.4 is 15.5 Å². The number of hydrogen-bond acceptors (Lipinski definition) is 4. The topological polar surface area (TPSA) is 53.3 Å². The molecule has 0 bridgehead atoms. The van der Waals surface area contributed by atoms with Crippen LogP contribution in [0, 0.1) is 5.92 Å². The van der Waals surface area contributed by atoms with Gasteiger partial charge in [-0.25, -0.2) is 4.98 Å². The number of hydrogen-bond donors (Lipinski definition) is 2. The maximum Gasteiger partial charge on any atom is 0.171 e. The molecule has 122 valence electrons. The first-order valence-corrected chi connectivity index (χ1v) is 8.40. The van der Waals surface area contributed by atoms with Crippen LogP contribution in [0.2, 0.25) is 0 Å². The summed E-state index contributed by atoms with van der Waals surface area (Å²) in [7, 11) is 0. The second-order valence-electron chi connectivity index (χ2n) is 5.99. The van der Waals surface area contributed by atoms with Crippen LogP contribution in [0.5, 0.6) is 0 Å². The Bertz CT molecular complexity index is 627. The van der Waals surface area contributed by atoms with Gasteiger partial charge in [-0.2, -0.15) is 0 Å². The van der Waals surface area contributed by atoms with Gasteiger partial charge in [0.1, 0.15) is 11.6 Å². The Morgan fingerprint density at radius 2 is 2.35 bits per heavy atom. The molecule has 23 heavy (non-hydrogen) atoms. The molecule has 0 spiro atoms. The van der Waals surface area contributed by atoms with E-state index >= 15 is 0 Å². The van der Waals surface area contributed by atoms with Gasteiger partial charge >= 0.3 is 0 Å².